The lowest BCUT2D eigenvalue weighted by atomic mass is 10.1. The second kappa shape index (κ2) is 11.5. The molecule has 0 fully saturated rings. The zero-order valence-electron chi connectivity index (χ0n) is 17.8. The van der Waals surface area contributed by atoms with Crippen LogP contribution in [0.2, 0.25) is 10.0 Å². The first-order valence-corrected chi connectivity index (χ1v) is 10.8. The third-order valence-electron chi connectivity index (χ3n) is 4.59. The van der Waals surface area contributed by atoms with E-state index in [9.17, 15) is 4.79 Å². The van der Waals surface area contributed by atoms with Gasteiger partial charge in [0.25, 0.3) is 0 Å². The lowest BCUT2D eigenvalue weighted by Gasteiger charge is -2.12. The number of benzene rings is 2. The van der Waals surface area contributed by atoms with Gasteiger partial charge in [0.1, 0.15) is 17.9 Å². The Bertz CT molecular complexity index is 1150. The number of unbranched alkanes of at least 4 members (excludes halogenated alkanes) is 2. The topological polar surface area (TPSA) is 88.2 Å². The van der Waals surface area contributed by atoms with Gasteiger partial charge >= 0.3 is 6.03 Å². The van der Waals surface area contributed by atoms with E-state index in [4.69, 9.17) is 27.9 Å². The van der Waals surface area contributed by atoms with Crippen LogP contribution < -0.4 is 20.7 Å². The number of rotatable bonds is 7. The number of para-hydroxylation sites is 1. The molecule has 0 unspecified atom stereocenters. The number of ether oxygens (including phenoxy) is 1. The number of aromatic nitrogens is 2. The van der Waals surface area contributed by atoms with Gasteiger partial charge in [-0.2, -0.15) is 0 Å². The highest BCUT2D eigenvalue weighted by atomic mass is 35.5. The smallest absolute Gasteiger partial charge is 0.324 e. The third-order valence-corrected chi connectivity index (χ3v) is 5.22. The van der Waals surface area contributed by atoms with Gasteiger partial charge in [0.15, 0.2) is 0 Å². The van der Waals surface area contributed by atoms with Crippen LogP contribution in [0.15, 0.2) is 36.7 Å². The predicted octanol–water partition coefficient (Wildman–Crippen LogP) is 5.33. The molecular formula is C23H23Cl2N5O2. The van der Waals surface area contributed by atoms with Crippen LogP contribution in [-0.2, 0) is 0 Å². The minimum Gasteiger partial charge on any atom is -0.495 e. The van der Waals surface area contributed by atoms with Gasteiger partial charge in [-0.05, 0) is 50.7 Å². The first-order valence-electron chi connectivity index (χ1n) is 10.0. The molecule has 0 saturated heterocycles. The van der Waals surface area contributed by atoms with Gasteiger partial charge in [0, 0.05) is 11.8 Å². The van der Waals surface area contributed by atoms with Crippen molar-refractivity contribution in [1.29, 1.82) is 0 Å². The molecule has 0 radical (unpaired) electrons. The molecule has 3 rings (SSSR count). The van der Waals surface area contributed by atoms with E-state index in [0.717, 1.165) is 31.4 Å². The van der Waals surface area contributed by atoms with Crippen LogP contribution >= 0.6 is 23.2 Å². The number of nitrogens with zero attached hydrogens (tertiary/aromatic N) is 2. The van der Waals surface area contributed by atoms with Crippen LogP contribution in [0.3, 0.4) is 0 Å². The molecular weight excluding hydrogens is 449 g/mol. The number of hydrogen-bond acceptors (Lipinski definition) is 5. The van der Waals surface area contributed by atoms with Crippen molar-refractivity contribution < 1.29 is 9.53 Å². The molecule has 0 aliphatic heterocycles. The number of carbonyl (C=O) groups is 1. The SMILES string of the molecule is CNCCCCC#Cc1cc2ncnc(NC(=O)Nc3c(Cl)cccc3Cl)c2cc1OC. The Kier molecular flexibility index (Phi) is 8.51. The Hall–Kier alpha value is -3.05. The van der Waals surface area contributed by atoms with Crippen molar-refractivity contribution in [1.82, 2.24) is 15.3 Å². The van der Waals surface area contributed by atoms with Crippen LogP contribution in [0.4, 0.5) is 16.3 Å². The maximum Gasteiger partial charge on any atom is 0.324 e. The van der Waals surface area contributed by atoms with Gasteiger partial charge in [-0.1, -0.05) is 41.1 Å². The fourth-order valence-corrected chi connectivity index (χ4v) is 3.48. The fourth-order valence-electron chi connectivity index (χ4n) is 2.99. The average molecular weight is 472 g/mol. The van der Waals surface area contributed by atoms with Crippen LogP contribution in [0.25, 0.3) is 10.9 Å². The first-order chi connectivity index (χ1) is 15.5. The molecule has 2 aromatic carbocycles. The van der Waals surface area contributed by atoms with E-state index >= 15 is 0 Å². The summed E-state index contributed by atoms with van der Waals surface area (Å²) < 4.78 is 5.50. The molecule has 0 aliphatic rings. The highest BCUT2D eigenvalue weighted by molar-refractivity contribution is 6.39. The summed E-state index contributed by atoms with van der Waals surface area (Å²) in [5, 5.41) is 9.76. The molecule has 1 heterocycles. The zero-order valence-corrected chi connectivity index (χ0v) is 19.3. The standard InChI is InChI=1S/C23H23Cl2N5O2/c1-26-11-6-4-3-5-8-15-12-19-16(13-20(15)32-2)22(28-14-27-19)30-23(31)29-21-17(24)9-7-10-18(21)25/h7,9-10,12-14,26H,3-4,6,11H2,1-2H3,(H2,27,28,29,30,31). The highest BCUT2D eigenvalue weighted by Crippen LogP contribution is 2.31. The maximum atomic E-state index is 12.5. The first kappa shape index (κ1) is 23.6. The summed E-state index contributed by atoms with van der Waals surface area (Å²) in [5.41, 5.74) is 1.67. The molecule has 7 nitrogen and oxygen atoms in total. The van der Waals surface area contributed by atoms with Gasteiger partial charge in [-0.25, -0.2) is 14.8 Å². The largest absolute Gasteiger partial charge is 0.495 e. The number of anilines is 2. The van der Waals surface area contributed by atoms with Crippen LogP contribution in [0.5, 0.6) is 5.75 Å². The minimum atomic E-state index is -0.538. The number of carbonyl (C=O) groups excluding carboxylic acids is 1. The third kappa shape index (κ3) is 6.01. The molecule has 1 aromatic heterocycles. The normalized spacial score (nSPS) is 10.4. The molecule has 32 heavy (non-hydrogen) atoms. The Balaban J connectivity index is 1.81. The van der Waals surface area contributed by atoms with E-state index in [1.165, 1.54) is 6.33 Å². The number of hydrogen-bond donors (Lipinski definition) is 3. The van der Waals surface area contributed by atoms with Crippen molar-refractivity contribution in [3.05, 3.63) is 52.3 Å². The Morgan fingerprint density at radius 1 is 1.12 bits per heavy atom. The quantitative estimate of drug-likeness (QED) is 0.320. The monoisotopic (exact) mass is 471 g/mol. The summed E-state index contributed by atoms with van der Waals surface area (Å²) in [6, 6.07) is 8.02. The molecule has 0 saturated carbocycles. The lowest BCUT2D eigenvalue weighted by molar-refractivity contribution is 0.262. The van der Waals surface area contributed by atoms with E-state index in [0.29, 0.717) is 38.2 Å². The Morgan fingerprint density at radius 2 is 1.91 bits per heavy atom. The number of methoxy groups -OCH3 is 1. The molecule has 0 atom stereocenters. The van der Waals surface area contributed by atoms with E-state index in [1.807, 2.05) is 13.1 Å². The summed E-state index contributed by atoms with van der Waals surface area (Å²) in [4.78, 5) is 21.0. The van der Waals surface area contributed by atoms with Gasteiger partial charge in [-0.15, -0.1) is 0 Å². The molecule has 2 amide bonds. The van der Waals surface area contributed by atoms with Crippen LogP contribution in [0, 0.1) is 11.8 Å². The van der Waals surface area contributed by atoms with Crippen molar-refractivity contribution in [2.75, 3.05) is 31.3 Å². The fraction of sp³-hybridized carbons (Fsp3) is 0.261. The summed E-state index contributed by atoms with van der Waals surface area (Å²) in [5.74, 6) is 7.23. The van der Waals surface area contributed by atoms with E-state index in [-0.39, 0.29) is 0 Å². The van der Waals surface area contributed by atoms with Crippen molar-refractivity contribution in [2.24, 2.45) is 0 Å². The number of fused-ring (bicyclic) bond motifs is 1. The number of halogens is 2. The van der Waals surface area contributed by atoms with Gasteiger partial charge in [-0.3, -0.25) is 5.32 Å². The molecule has 9 heteroatoms. The van der Waals surface area contributed by atoms with Crippen molar-refractivity contribution in [3.8, 4) is 17.6 Å². The van der Waals surface area contributed by atoms with E-state index < -0.39 is 6.03 Å². The molecule has 0 bridgehead atoms. The number of urea groups is 1. The molecule has 166 valence electrons. The highest BCUT2D eigenvalue weighted by Gasteiger charge is 2.14. The van der Waals surface area contributed by atoms with Gasteiger partial charge in [0.2, 0.25) is 0 Å². The van der Waals surface area contributed by atoms with Crippen molar-refractivity contribution >= 4 is 51.6 Å². The summed E-state index contributed by atoms with van der Waals surface area (Å²) in [7, 11) is 3.51. The number of nitrogens with one attached hydrogen (secondary N) is 3. The van der Waals surface area contributed by atoms with Gasteiger partial charge in [0.05, 0.1) is 33.9 Å². The van der Waals surface area contributed by atoms with Gasteiger partial charge < -0.3 is 15.4 Å². The molecule has 3 aromatic rings. The van der Waals surface area contributed by atoms with E-state index in [2.05, 4.69) is 37.8 Å². The average Bonchev–Trinajstić information content (AvgIpc) is 2.78. The summed E-state index contributed by atoms with van der Waals surface area (Å²) in [6.45, 7) is 0.976. The minimum absolute atomic E-state index is 0.316. The van der Waals surface area contributed by atoms with E-state index in [1.54, 1.807) is 31.4 Å². The molecule has 0 aliphatic carbocycles. The molecule has 3 N–H and O–H groups in total. The second-order valence-electron chi connectivity index (χ2n) is 6.83. The van der Waals surface area contributed by atoms with Crippen molar-refractivity contribution in [2.45, 2.75) is 19.3 Å². The van der Waals surface area contributed by atoms with Crippen molar-refractivity contribution in [3.63, 3.8) is 0 Å². The number of amides is 2. The Labute approximate surface area is 196 Å². The zero-order chi connectivity index (χ0) is 22.9. The maximum absolute atomic E-state index is 12.5. The predicted molar refractivity (Wildman–Crippen MR) is 130 cm³/mol. The molecule has 0 spiro atoms. The Morgan fingerprint density at radius 3 is 2.62 bits per heavy atom. The summed E-state index contributed by atoms with van der Waals surface area (Å²) >= 11 is 12.2. The summed E-state index contributed by atoms with van der Waals surface area (Å²) in [6.07, 6.45) is 4.26. The lowest BCUT2D eigenvalue weighted by Crippen LogP contribution is -2.20. The second-order valence-corrected chi connectivity index (χ2v) is 7.64. The van der Waals surface area contributed by atoms with Crippen LogP contribution in [0.1, 0.15) is 24.8 Å². The van der Waals surface area contributed by atoms with Crippen LogP contribution in [-0.4, -0.2) is 36.7 Å².